The molecule has 1 saturated heterocycles. The lowest BCUT2D eigenvalue weighted by Gasteiger charge is -2.27. The first kappa shape index (κ1) is 14.8. The van der Waals surface area contributed by atoms with Gasteiger partial charge in [0.1, 0.15) is 6.04 Å². The minimum absolute atomic E-state index is 0.0337. The van der Waals surface area contributed by atoms with Crippen molar-refractivity contribution in [2.24, 2.45) is 0 Å². The van der Waals surface area contributed by atoms with Gasteiger partial charge < -0.3 is 9.33 Å². The molecule has 0 aliphatic carbocycles. The van der Waals surface area contributed by atoms with Crippen LogP contribution < -0.4 is 0 Å². The third-order valence-corrected chi connectivity index (χ3v) is 4.02. The molecule has 0 saturated carbocycles. The molecule has 1 amide bonds. The summed E-state index contributed by atoms with van der Waals surface area (Å²) in [7, 11) is -1.92. The molecule has 1 aliphatic heterocycles. The smallest absolute Gasteiger partial charge is 0.315 e. The van der Waals surface area contributed by atoms with Crippen LogP contribution in [0.4, 0.5) is 0 Å². The summed E-state index contributed by atoms with van der Waals surface area (Å²) in [5.41, 5.74) is 1.04. The Kier molecular flexibility index (Phi) is 4.28. The minimum atomic E-state index is -1.92. The van der Waals surface area contributed by atoms with Crippen LogP contribution in [-0.4, -0.2) is 31.1 Å². The van der Waals surface area contributed by atoms with E-state index in [2.05, 4.69) is 0 Å². The van der Waals surface area contributed by atoms with E-state index in [0.717, 1.165) is 5.56 Å². The van der Waals surface area contributed by atoms with Crippen LogP contribution in [-0.2, 0) is 20.6 Å². The number of rotatable bonds is 4. The van der Waals surface area contributed by atoms with Crippen LogP contribution >= 0.6 is 0 Å². The zero-order valence-electron chi connectivity index (χ0n) is 12.3. The predicted octanol–water partition coefficient (Wildman–Crippen LogP) is 2.56. The molecule has 0 spiro atoms. The molecule has 0 N–H and O–H groups in total. The standard InChI is InChI=1S/C15H21NO3Si/c1-20(2,3)19-15(18)13-9-10-14(17)16(13)11-12-7-5-4-6-8-12/h4-8,13H,9-11H2,1-3H3/t13-/m0/s1. The first-order valence-corrected chi connectivity index (χ1v) is 10.3. The van der Waals surface area contributed by atoms with Crippen molar-refractivity contribution in [2.75, 3.05) is 0 Å². The molecule has 0 unspecified atom stereocenters. The summed E-state index contributed by atoms with van der Waals surface area (Å²) >= 11 is 0. The lowest BCUT2D eigenvalue weighted by molar-refractivity contribution is -0.145. The minimum Gasteiger partial charge on any atom is -0.518 e. The zero-order valence-corrected chi connectivity index (χ0v) is 13.3. The van der Waals surface area contributed by atoms with Crippen molar-refractivity contribution in [1.82, 2.24) is 4.90 Å². The maximum absolute atomic E-state index is 12.2. The number of hydrogen-bond acceptors (Lipinski definition) is 3. The van der Waals surface area contributed by atoms with Gasteiger partial charge in [-0.1, -0.05) is 30.3 Å². The molecule has 5 heteroatoms. The van der Waals surface area contributed by atoms with Gasteiger partial charge in [0.25, 0.3) is 0 Å². The van der Waals surface area contributed by atoms with Crippen molar-refractivity contribution >= 4 is 20.2 Å². The summed E-state index contributed by atoms with van der Waals surface area (Å²) in [4.78, 5) is 25.9. The van der Waals surface area contributed by atoms with Gasteiger partial charge in [0.2, 0.25) is 14.2 Å². The molecule has 1 atom stereocenters. The van der Waals surface area contributed by atoms with Crippen molar-refractivity contribution in [3.05, 3.63) is 35.9 Å². The molecule has 2 rings (SSSR count). The topological polar surface area (TPSA) is 46.6 Å². The van der Waals surface area contributed by atoms with E-state index in [1.807, 2.05) is 50.0 Å². The molecule has 1 fully saturated rings. The molecule has 20 heavy (non-hydrogen) atoms. The molecule has 0 radical (unpaired) electrons. The molecule has 1 heterocycles. The molecule has 0 aromatic heterocycles. The van der Waals surface area contributed by atoms with Crippen molar-refractivity contribution in [2.45, 2.75) is 45.1 Å². The number of benzene rings is 1. The van der Waals surface area contributed by atoms with Gasteiger partial charge in [-0.25, -0.2) is 0 Å². The van der Waals surface area contributed by atoms with Gasteiger partial charge in [-0.3, -0.25) is 9.59 Å². The monoisotopic (exact) mass is 291 g/mol. The summed E-state index contributed by atoms with van der Waals surface area (Å²) in [5, 5.41) is 0. The van der Waals surface area contributed by atoms with Gasteiger partial charge in [0, 0.05) is 13.0 Å². The van der Waals surface area contributed by atoms with E-state index >= 15 is 0 Å². The van der Waals surface area contributed by atoms with E-state index in [1.54, 1.807) is 4.90 Å². The molecule has 0 bridgehead atoms. The van der Waals surface area contributed by atoms with Crippen molar-refractivity contribution in [3.63, 3.8) is 0 Å². The van der Waals surface area contributed by atoms with E-state index in [9.17, 15) is 9.59 Å². The molecule has 1 aliphatic rings. The Morgan fingerprint density at radius 2 is 1.95 bits per heavy atom. The number of carbonyl (C=O) groups excluding carboxylic acids is 2. The van der Waals surface area contributed by atoms with Gasteiger partial charge in [-0.05, 0) is 31.6 Å². The number of amides is 1. The first-order valence-electron chi connectivity index (χ1n) is 6.93. The summed E-state index contributed by atoms with van der Waals surface area (Å²) in [6.07, 6.45) is 0.993. The Morgan fingerprint density at radius 3 is 2.55 bits per heavy atom. The van der Waals surface area contributed by atoms with Crippen LogP contribution in [0.5, 0.6) is 0 Å². The highest BCUT2D eigenvalue weighted by Crippen LogP contribution is 2.23. The summed E-state index contributed by atoms with van der Waals surface area (Å²) in [6, 6.07) is 9.32. The SMILES string of the molecule is C[Si](C)(C)OC(=O)[C@@H]1CCC(=O)N1Cc1ccccc1. The van der Waals surface area contributed by atoms with Crippen LogP contribution in [0.25, 0.3) is 0 Å². The zero-order chi connectivity index (χ0) is 14.8. The Labute approximate surface area is 120 Å². The number of likely N-dealkylation sites (tertiary alicyclic amines) is 1. The van der Waals surface area contributed by atoms with Crippen LogP contribution in [0.2, 0.25) is 19.6 Å². The Bertz CT molecular complexity index is 496. The van der Waals surface area contributed by atoms with Gasteiger partial charge >= 0.3 is 5.97 Å². The van der Waals surface area contributed by atoms with Gasteiger partial charge in [0.15, 0.2) is 0 Å². The largest absolute Gasteiger partial charge is 0.518 e. The fraction of sp³-hybridized carbons (Fsp3) is 0.467. The summed E-state index contributed by atoms with van der Waals surface area (Å²) < 4.78 is 5.54. The van der Waals surface area contributed by atoms with Crippen molar-refractivity contribution in [3.8, 4) is 0 Å². The first-order chi connectivity index (χ1) is 9.37. The number of carbonyl (C=O) groups is 2. The average molecular weight is 291 g/mol. The van der Waals surface area contributed by atoms with Crippen molar-refractivity contribution < 1.29 is 14.0 Å². The normalized spacial score (nSPS) is 19.2. The molecule has 4 nitrogen and oxygen atoms in total. The van der Waals surface area contributed by atoms with E-state index in [-0.39, 0.29) is 11.9 Å². The molecular formula is C15H21NO3Si. The van der Waals surface area contributed by atoms with Crippen LogP contribution in [0, 0.1) is 0 Å². The molecule has 108 valence electrons. The Balaban J connectivity index is 2.09. The maximum atomic E-state index is 12.2. The van der Waals surface area contributed by atoms with Crippen LogP contribution in [0.1, 0.15) is 18.4 Å². The lowest BCUT2D eigenvalue weighted by atomic mass is 10.2. The molecular weight excluding hydrogens is 270 g/mol. The quantitative estimate of drug-likeness (QED) is 0.801. The summed E-state index contributed by atoms with van der Waals surface area (Å²) in [6.45, 7) is 6.40. The second-order valence-electron chi connectivity index (χ2n) is 6.10. The van der Waals surface area contributed by atoms with Gasteiger partial charge in [0.05, 0.1) is 0 Å². The van der Waals surface area contributed by atoms with E-state index in [0.29, 0.717) is 19.4 Å². The molecule has 1 aromatic rings. The van der Waals surface area contributed by atoms with E-state index < -0.39 is 14.4 Å². The predicted molar refractivity (Wildman–Crippen MR) is 79.5 cm³/mol. The fourth-order valence-corrected chi connectivity index (χ4v) is 3.07. The van der Waals surface area contributed by atoms with Crippen LogP contribution in [0.15, 0.2) is 30.3 Å². The second-order valence-corrected chi connectivity index (χ2v) is 10.5. The Hall–Kier alpha value is -1.62. The second kappa shape index (κ2) is 5.79. The average Bonchev–Trinajstić information content (AvgIpc) is 2.70. The highest BCUT2D eigenvalue weighted by atomic mass is 28.4. The third kappa shape index (κ3) is 3.69. The Morgan fingerprint density at radius 1 is 1.30 bits per heavy atom. The van der Waals surface area contributed by atoms with Crippen LogP contribution in [0.3, 0.4) is 0 Å². The van der Waals surface area contributed by atoms with E-state index in [1.165, 1.54) is 0 Å². The van der Waals surface area contributed by atoms with Gasteiger partial charge in [-0.2, -0.15) is 0 Å². The fourth-order valence-electron chi connectivity index (χ4n) is 2.33. The third-order valence-electron chi connectivity index (χ3n) is 3.20. The summed E-state index contributed by atoms with van der Waals surface area (Å²) in [5.74, 6) is -0.211. The number of nitrogens with zero attached hydrogens (tertiary/aromatic N) is 1. The lowest BCUT2D eigenvalue weighted by Crippen LogP contribution is -2.43. The highest BCUT2D eigenvalue weighted by molar-refractivity contribution is 6.71. The molecule has 1 aromatic carbocycles. The maximum Gasteiger partial charge on any atom is 0.315 e. The van der Waals surface area contributed by atoms with E-state index in [4.69, 9.17) is 4.43 Å². The van der Waals surface area contributed by atoms with Crippen molar-refractivity contribution in [1.29, 1.82) is 0 Å². The number of hydrogen-bond donors (Lipinski definition) is 0. The highest BCUT2D eigenvalue weighted by Gasteiger charge is 2.38. The van der Waals surface area contributed by atoms with Gasteiger partial charge in [-0.15, -0.1) is 0 Å².